The van der Waals surface area contributed by atoms with Crippen LogP contribution in [0.3, 0.4) is 0 Å². The molecule has 0 atom stereocenters. The number of hydrogen-bond donors (Lipinski definition) is 1. The Bertz CT molecular complexity index is 1520. The molecular weight excluding hydrogens is 503 g/mol. The van der Waals surface area contributed by atoms with Gasteiger partial charge in [-0.3, -0.25) is 4.79 Å². The molecule has 37 heavy (non-hydrogen) atoms. The molecule has 0 spiro atoms. The highest BCUT2D eigenvalue weighted by Gasteiger charge is 2.30. The van der Waals surface area contributed by atoms with Crippen molar-refractivity contribution < 1.29 is 18.4 Å². The molecule has 5 rings (SSSR count). The Morgan fingerprint density at radius 2 is 2.05 bits per heavy atom. The van der Waals surface area contributed by atoms with Crippen LogP contribution >= 0.6 is 11.6 Å². The summed E-state index contributed by atoms with van der Waals surface area (Å²) in [5.41, 5.74) is 0.792. The van der Waals surface area contributed by atoms with Gasteiger partial charge in [-0.2, -0.15) is 10.1 Å². The van der Waals surface area contributed by atoms with Crippen molar-refractivity contribution in [1.29, 1.82) is 0 Å². The molecule has 1 aromatic carbocycles. The van der Waals surface area contributed by atoms with Gasteiger partial charge in [0.05, 0.1) is 28.0 Å². The first-order valence-electron chi connectivity index (χ1n) is 12.0. The summed E-state index contributed by atoms with van der Waals surface area (Å²) in [7, 11) is 0. The van der Waals surface area contributed by atoms with Crippen LogP contribution in [0.1, 0.15) is 51.6 Å². The normalized spacial score (nSPS) is 14.9. The molecular formula is C25H26ClFN6O4. The van der Waals surface area contributed by atoms with Crippen molar-refractivity contribution in [3.8, 4) is 22.8 Å². The number of aromatic nitrogens is 5. The Balaban J connectivity index is 1.40. The summed E-state index contributed by atoms with van der Waals surface area (Å²) < 4.78 is 27.0. The van der Waals surface area contributed by atoms with Gasteiger partial charge in [-0.25, -0.2) is 13.7 Å². The summed E-state index contributed by atoms with van der Waals surface area (Å²) in [6, 6.07) is 6.01. The van der Waals surface area contributed by atoms with E-state index >= 15 is 0 Å². The minimum atomic E-state index is -0.664. The van der Waals surface area contributed by atoms with Crippen LogP contribution in [0, 0.1) is 5.82 Å². The summed E-state index contributed by atoms with van der Waals surface area (Å²) in [5, 5.41) is 8.37. The Labute approximate surface area is 216 Å². The molecule has 1 fully saturated rings. The van der Waals surface area contributed by atoms with Crippen LogP contribution in [0.15, 0.2) is 39.8 Å². The van der Waals surface area contributed by atoms with E-state index in [1.54, 1.807) is 15.5 Å². The molecule has 0 saturated carbocycles. The zero-order valence-electron chi connectivity index (χ0n) is 20.6. The van der Waals surface area contributed by atoms with Gasteiger partial charge in [0.15, 0.2) is 5.82 Å². The summed E-state index contributed by atoms with van der Waals surface area (Å²) in [6.45, 7) is 6.76. The van der Waals surface area contributed by atoms with Gasteiger partial charge in [-0.1, -0.05) is 29.7 Å². The number of nitrogens with one attached hydrogen (secondary N) is 1. The zero-order valence-corrected chi connectivity index (χ0v) is 21.4. The lowest BCUT2D eigenvalue weighted by Crippen LogP contribution is -2.42. The van der Waals surface area contributed by atoms with Crippen molar-refractivity contribution >= 4 is 23.3 Å². The highest BCUT2D eigenvalue weighted by molar-refractivity contribution is 6.31. The van der Waals surface area contributed by atoms with Gasteiger partial charge >= 0.3 is 6.09 Å². The van der Waals surface area contributed by atoms with Crippen molar-refractivity contribution in [2.24, 2.45) is 0 Å². The fourth-order valence-electron chi connectivity index (χ4n) is 4.31. The largest absolute Gasteiger partial charge is 0.443 e. The van der Waals surface area contributed by atoms with Crippen LogP contribution in [0.5, 0.6) is 0 Å². The molecule has 194 valence electrons. The van der Waals surface area contributed by atoms with E-state index in [9.17, 15) is 14.0 Å². The third-order valence-corrected chi connectivity index (χ3v) is 7.06. The van der Waals surface area contributed by atoms with Crippen LogP contribution in [0.2, 0.25) is 5.02 Å². The van der Waals surface area contributed by atoms with Crippen LogP contribution in [-0.2, 0) is 4.74 Å². The third kappa shape index (κ3) is 4.83. The minimum Gasteiger partial charge on any atom is -0.443 e. The number of halogens is 2. The zero-order chi connectivity index (χ0) is 26.3. The summed E-state index contributed by atoms with van der Waals surface area (Å²) >= 11 is 5.87. The number of aromatic amines is 1. The lowest BCUT2D eigenvalue weighted by molar-refractivity contribution is 0.00740. The maximum atomic E-state index is 14.4. The molecule has 1 aliphatic heterocycles. The molecule has 0 bridgehead atoms. The SMILES string of the molecule is CCC(C)(C)OC(=O)N1CCC(c2cc(=O)[nH]c3c(-c4noc(-c5cccc(Cl)c5F)n4)cnn23)CC1. The molecule has 4 heterocycles. The molecule has 0 unspecified atom stereocenters. The van der Waals surface area contributed by atoms with Crippen molar-refractivity contribution in [2.45, 2.75) is 51.6 Å². The fraction of sp³-hybridized carbons (Fsp3) is 0.400. The van der Waals surface area contributed by atoms with Gasteiger partial charge in [0.1, 0.15) is 11.2 Å². The second-order valence-electron chi connectivity index (χ2n) is 9.64. The topological polar surface area (TPSA) is 119 Å². The Hall–Kier alpha value is -3.73. The first kappa shape index (κ1) is 24.9. The first-order valence-corrected chi connectivity index (χ1v) is 12.4. The van der Waals surface area contributed by atoms with Gasteiger partial charge < -0.3 is 19.1 Å². The lowest BCUT2D eigenvalue weighted by Gasteiger charge is -2.34. The number of rotatable bonds is 5. The number of fused-ring (bicyclic) bond motifs is 1. The second-order valence-corrected chi connectivity index (χ2v) is 10.1. The molecule has 1 amide bonds. The van der Waals surface area contributed by atoms with E-state index < -0.39 is 11.4 Å². The highest BCUT2D eigenvalue weighted by atomic mass is 35.5. The summed E-state index contributed by atoms with van der Waals surface area (Å²) in [5.74, 6) is -0.558. The van der Waals surface area contributed by atoms with Gasteiger partial charge in [-0.05, 0) is 45.2 Å². The monoisotopic (exact) mass is 528 g/mol. The van der Waals surface area contributed by atoms with Crippen LogP contribution in [0.25, 0.3) is 28.5 Å². The van der Waals surface area contributed by atoms with Crippen LogP contribution < -0.4 is 5.56 Å². The number of nitrogens with zero attached hydrogens (tertiary/aromatic N) is 5. The van der Waals surface area contributed by atoms with E-state index in [1.807, 2.05) is 20.8 Å². The van der Waals surface area contributed by atoms with Crippen LogP contribution in [0.4, 0.5) is 9.18 Å². The van der Waals surface area contributed by atoms with Gasteiger partial charge in [0.25, 0.3) is 11.4 Å². The van der Waals surface area contributed by atoms with E-state index in [4.69, 9.17) is 20.9 Å². The third-order valence-electron chi connectivity index (χ3n) is 6.77. The first-order chi connectivity index (χ1) is 17.7. The second kappa shape index (κ2) is 9.62. The number of carbonyl (C=O) groups excluding carboxylic acids is 1. The number of likely N-dealkylation sites (tertiary alicyclic amines) is 1. The van der Waals surface area contributed by atoms with E-state index in [0.29, 0.717) is 37.1 Å². The van der Waals surface area contributed by atoms with Crippen molar-refractivity contribution in [3.05, 3.63) is 57.3 Å². The number of piperidine rings is 1. The number of hydrogen-bond acceptors (Lipinski definition) is 7. The van der Waals surface area contributed by atoms with E-state index in [-0.39, 0.29) is 39.9 Å². The predicted molar refractivity (Wildman–Crippen MR) is 134 cm³/mol. The van der Waals surface area contributed by atoms with Crippen molar-refractivity contribution in [2.75, 3.05) is 13.1 Å². The molecule has 3 aromatic heterocycles. The minimum absolute atomic E-state index is 0.00201. The molecule has 10 nitrogen and oxygen atoms in total. The number of ether oxygens (including phenoxy) is 1. The van der Waals surface area contributed by atoms with Crippen LogP contribution in [-0.4, -0.2) is 54.4 Å². The Kier molecular flexibility index (Phi) is 6.49. The van der Waals surface area contributed by atoms with Gasteiger partial charge in [0, 0.05) is 25.1 Å². The van der Waals surface area contributed by atoms with E-state index in [1.165, 1.54) is 24.4 Å². The van der Waals surface area contributed by atoms with Crippen molar-refractivity contribution in [1.82, 2.24) is 29.6 Å². The predicted octanol–water partition coefficient (Wildman–Crippen LogP) is 5.04. The molecule has 1 aliphatic rings. The summed E-state index contributed by atoms with van der Waals surface area (Å²) in [4.78, 5) is 33.9. The van der Waals surface area contributed by atoms with Gasteiger partial charge in [0.2, 0.25) is 5.82 Å². The molecule has 1 saturated heterocycles. The Morgan fingerprint density at radius 3 is 2.78 bits per heavy atom. The summed E-state index contributed by atoms with van der Waals surface area (Å²) in [6.07, 6.45) is 3.21. The molecule has 1 N–H and O–H groups in total. The number of amides is 1. The number of H-pyrrole nitrogens is 1. The van der Waals surface area contributed by atoms with Crippen molar-refractivity contribution in [3.63, 3.8) is 0 Å². The van der Waals surface area contributed by atoms with E-state index in [0.717, 1.165) is 12.1 Å². The maximum Gasteiger partial charge on any atom is 0.410 e. The molecule has 4 aromatic rings. The van der Waals surface area contributed by atoms with Gasteiger partial charge in [-0.15, -0.1) is 0 Å². The highest BCUT2D eigenvalue weighted by Crippen LogP contribution is 2.32. The average Bonchev–Trinajstić information content (AvgIpc) is 3.52. The fourth-order valence-corrected chi connectivity index (χ4v) is 4.48. The molecule has 12 heteroatoms. The maximum absolute atomic E-state index is 14.4. The quantitative estimate of drug-likeness (QED) is 0.385. The molecule has 0 aliphatic carbocycles. The standard InChI is InChI=1S/C25H26ClFN6O4/c1-4-25(2,3)36-24(35)32-10-8-14(9-11-32)18-12-19(34)29-22-16(13-28-33(18)22)21-30-23(37-31-21)15-6-5-7-17(26)20(15)27/h5-7,12-14H,4,8-11H2,1-3H3,(H,29,34). The number of carbonyl (C=O) groups is 1. The smallest absolute Gasteiger partial charge is 0.410 e. The molecule has 0 radical (unpaired) electrons. The average molecular weight is 529 g/mol. The Morgan fingerprint density at radius 1 is 1.30 bits per heavy atom. The number of benzene rings is 1. The lowest BCUT2D eigenvalue weighted by atomic mass is 9.93. The van der Waals surface area contributed by atoms with E-state index in [2.05, 4.69) is 20.2 Å².